The molecule has 2 atom stereocenters. The van der Waals surface area contributed by atoms with Crippen molar-refractivity contribution in [3.63, 3.8) is 0 Å². The molecular weight excluding hydrogens is 218 g/mol. The highest BCUT2D eigenvalue weighted by atomic mass is 16.2. The zero-order valence-corrected chi connectivity index (χ0v) is 10.5. The maximum Gasteiger partial charge on any atom is 0.235 e. The molecule has 2 amide bonds. The van der Waals surface area contributed by atoms with E-state index < -0.39 is 5.41 Å². The number of carbonyl (C=O) groups is 2. The maximum absolute atomic E-state index is 12.1. The van der Waals surface area contributed by atoms with Crippen molar-refractivity contribution < 1.29 is 9.59 Å². The highest BCUT2D eigenvalue weighted by Gasteiger charge is 2.56. The number of carbonyl (C=O) groups excluding carboxylic acids is 2. The van der Waals surface area contributed by atoms with E-state index in [0.29, 0.717) is 12.8 Å². The molecule has 2 fully saturated rings. The minimum Gasteiger partial charge on any atom is -0.358 e. The van der Waals surface area contributed by atoms with Gasteiger partial charge in [-0.25, -0.2) is 0 Å². The maximum atomic E-state index is 12.1. The van der Waals surface area contributed by atoms with Gasteiger partial charge in [0.05, 0.1) is 0 Å². The Morgan fingerprint density at radius 3 is 2.53 bits per heavy atom. The van der Waals surface area contributed by atoms with Crippen LogP contribution in [0.1, 0.15) is 32.6 Å². The van der Waals surface area contributed by atoms with Crippen LogP contribution >= 0.6 is 0 Å². The van der Waals surface area contributed by atoms with Crippen LogP contribution in [0.5, 0.6) is 0 Å². The molecule has 0 bridgehead atoms. The summed E-state index contributed by atoms with van der Waals surface area (Å²) in [5, 5.41) is 8.94. The molecule has 1 saturated carbocycles. The second kappa shape index (κ2) is 4.64. The van der Waals surface area contributed by atoms with Gasteiger partial charge >= 0.3 is 0 Å². The van der Waals surface area contributed by atoms with E-state index in [1.807, 2.05) is 0 Å². The van der Waals surface area contributed by atoms with Crippen LogP contribution < -0.4 is 16.0 Å². The molecule has 17 heavy (non-hydrogen) atoms. The first-order valence-corrected chi connectivity index (χ1v) is 6.37. The molecule has 1 heterocycles. The van der Waals surface area contributed by atoms with Crippen molar-refractivity contribution >= 4 is 11.8 Å². The normalized spacial score (nSPS) is 30.5. The molecule has 2 aliphatic rings. The number of rotatable bonds is 3. The minimum absolute atomic E-state index is 0.0996. The second-order valence-corrected chi connectivity index (χ2v) is 5.13. The zero-order chi connectivity index (χ0) is 12.5. The summed E-state index contributed by atoms with van der Waals surface area (Å²) in [5.74, 6) is -0.246. The van der Waals surface area contributed by atoms with Crippen molar-refractivity contribution in [2.75, 3.05) is 13.6 Å². The van der Waals surface area contributed by atoms with Gasteiger partial charge in [0.25, 0.3) is 0 Å². The van der Waals surface area contributed by atoms with Crippen molar-refractivity contribution in [2.24, 2.45) is 5.41 Å². The van der Waals surface area contributed by atoms with Gasteiger partial charge in [-0.3, -0.25) is 9.59 Å². The molecule has 96 valence electrons. The van der Waals surface area contributed by atoms with Gasteiger partial charge in [0.2, 0.25) is 11.8 Å². The zero-order valence-electron chi connectivity index (χ0n) is 10.5. The number of piperidine rings is 1. The average Bonchev–Trinajstić information content (AvgIpc) is 3.12. The van der Waals surface area contributed by atoms with E-state index in [1.165, 1.54) is 0 Å². The molecule has 5 heteroatoms. The quantitative estimate of drug-likeness (QED) is 0.596. The third kappa shape index (κ3) is 2.29. The number of nitrogens with one attached hydrogen (secondary N) is 3. The lowest BCUT2D eigenvalue weighted by Gasteiger charge is -2.31. The van der Waals surface area contributed by atoms with Crippen molar-refractivity contribution in [1.82, 2.24) is 16.0 Å². The highest BCUT2D eigenvalue weighted by molar-refractivity contribution is 6.07. The van der Waals surface area contributed by atoms with Gasteiger partial charge in [-0.05, 0) is 39.2 Å². The molecule has 3 N–H and O–H groups in total. The Kier molecular flexibility index (Phi) is 3.38. The Bertz CT molecular complexity index is 326. The summed E-state index contributed by atoms with van der Waals surface area (Å²) in [6.07, 6.45) is 3.41. The van der Waals surface area contributed by atoms with E-state index in [-0.39, 0.29) is 23.9 Å². The van der Waals surface area contributed by atoms with Crippen LogP contribution in [0.25, 0.3) is 0 Å². The molecule has 0 radical (unpaired) electrons. The summed E-state index contributed by atoms with van der Waals surface area (Å²) in [6, 6.07) is 0.437. The Hall–Kier alpha value is -1.10. The Morgan fingerprint density at radius 2 is 2.00 bits per heavy atom. The summed E-state index contributed by atoms with van der Waals surface area (Å²) in [6.45, 7) is 3.08. The van der Waals surface area contributed by atoms with Crippen LogP contribution in [0.15, 0.2) is 0 Å². The number of hydrogen-bond acceptors (Lipinski definition) is 3. The van der Waals surface area contributed by atoms with Gasteiger partial charge < -0.3 is 16.0 Å². The molecule has 0 aromatic heterocycles. The van der Waals surface area contributed by atoms with E-state index in [0.717, 1.165) is 19.4 Å². The number of hydrogen-bond donors (Lipinski definition) is 3. The average molecular weight is 239 g/mol. The third-order valence-electron chi connectivity index (χ3n) is 3.92. The summed E-state index contributed by atoms with van der Waals surface area (Å²) >= 11 is 0. The third-order valence-corrected chi connectivity index (χ3v) is 3.92. The first-order valence-electron chi connectivity index (χ1n) is 6.37. The van der Waals surface area contributed by atoms with Gasteiger partial charge in [0.1, 0.15) is 5.41 Å². The molecule has 2 unspecified atom stereocenters. The molecule has 1 aliphatic heterocycles. The molecule has 1 aliphatic carbocycles. The SMILES string of the molecule is CNC(=O)C1(C(=O)NC2CCCNC2C)CC1. The fourth-order valence-corrected chi connectivity index (χ4v) is 2.47. The molecule has 0 spiro atoms. The van der Waals surface area contributed by atoms with Crippen molar-refractivity contribution in [1.29, 1.82) is 0 Å². The molecule has 0 aromatic carbocycles. The lowest BCUT2D eigenvalue weighted by molar-refractivity contribution is -0.137. The fourth-order valence-electron chi connectivity index (χ4n) is 2.47. The predicted molar refractivity (Wildman–Crippen MR) is 64.4 cm³/mol. The van der Waals surface area contributed by atoms with Gasteiger partial charge in [-0.2, -0.15) is 0 Å². The van der Waals surface area contributed by atoms with E-state index in [9.17, 15) is 9.59 Å². The van der Waals surface area contributed by atoms with Gasteiger partial charge in [-0.1, -0.05) is 0 Å². The summed E-state index contributed by atoms with van der Waals surface area (Å²) < 4.78 is 0. The second-order valence-electron chi connectivity index (χ2n) is 5.13. The van der Waals surface area contributed by atoms with Crippen molar-refractivity contribution in [3.8, 4) is 0 Å². The Balaban J connectivity index is 1.95. The first kappa shape index (κ1) is 12.4. The fraction of sp³-hybridized carbons (Fsp3) is 0.833. The lowest BCUT2D eigenvalue weighted by atomic mass is 9.97. The van der Waals surface area contributed by atoms with E-state index in [2.05, 4.69) is 22.9 Å². The van der Waals surface area contributed by atoms with Gasteiger partial charge in [0.15, 0.2) is 0 Å². The topological polar surface area (TPSA) is 70.2 Å². The van der Waals surface area contributed by atoms with Crippen LogP contribution in [-0.4, -0.2) is 37.5 Å². The van der Waals surface area contributed by atoms with Gasteiger partial charge in [-0.15, -0.1) is 0 Å². The monoisotopic (exact) mass is 239 g/mol. The van der Waals surface area contributed by atoms with Crippen LogP contribution in [0.2, 0.25) is 0 Å². The summed E-state index contributed by atoms with van der Waals surface area (Å²) in [4.78, 5) is 23.8. The highest BCUT2D eigenvalue weighted by Crippen LogP contribution is 2.46. The smallest absolute Gasteiger partial charge is 0.235 e. The molecule has 5 nitrogen and oxygen atoms in total. The number of amides is 2. The Labute approximate surface area is 102 Å². The van der Waals surface area contributed by atoms with Crippen LogP contribution in [-0.2, 0) is 9.59 Å². The van der Waals surface area contributed by atoms with Crippen molar-refractivity contribution in [2.45, 2.75) is 44.7 Å². The standard InChI is InChI=1S/C12H21N3O2/c1-8-9(4-3-7-14-8)15-11(17)12(5-6-12)10(16)13-2/h8-9,14H,3-7H2,1-2H3,(H,13,16)(H,15,17). The summed E-state index contributed by atoms with van der Waals surface area (Å²) in [7, 11) is 1.58. The summed E-state index contributed by atoms with van der Waals surface area (Å²) in [5.41, 5.74) is -0.772. The molecule has 0 aromatic rings. The minimum atomic E-state index is -0.772. The van der Waals surface area contributed by atoms with E-state index >= 15 is 0 Å². The predicted octanol–water partition coefficient (Wildman–Crippen LogP) is -0.231. The van der Waals surface area contributed by atoms with E-state index in [4.69, 9.17) is 0 Å². The van der Waals surface area contributed by atoms with Crippen LogP contribution in [0, 0.1) is 5.41 Å². The first-order chi connectivity index (χ1) is 8.10. The van der Waals surface area contributed by atoms with Crippen LogP contribution in [0.3, 0.4) is 0 Å². The van der Waals surface area contributed by atoms with E-state index in [1.54, 1.807) is 7.05 Å². The van der Waals surface area contributed by atoms with Gasteiger partial charge in [0, 0.05) is 19.1 Å². The lowest BCUT2D eigenvalue weighted by Crippen LogP contribution is -2.55. The molecular formula is C12H21N3O2. The molecule has 1 saturated heterocycles. The molecule has 2 rings (SSSR count). The van der Waals surface area contributed by atoms with Crippen molar-refractivity contribution in [3.05, 3.63) is 0 Å². The Morgan fingerprint density at radius 1 is 1.29 bits per heavy atom. The van der Waals surface area contributed by atoms with Crippen LogP contribution in [0.4, 0.5) is 0 Å². The largest absolute Gasteiger partial charge is 0.358 e.